The van der Waals surface area contributed by atoms with Crippen LogP contribution in [0.5, 0.6) is 0 Å². The van der Waals surface area contributed by atoms with Crippen LogP contribution in [0.15, 0.2) is 12.5 Å². The SMILES string of the molecule is CC(C)CNC(=O)NCCn1cnc(C(=O)O)c1. The molecule has 18 heavy (non-hydrogen) atoms. The highest BCUT2D eigenvalue weighted by molar-refractivity contribution is 5.84. The fourth-order valence-corrected chi connectivity index (χ4v) is 1.25. The lowest BCUT2D eigenvalue weighted by atomic mass is 10.2. The van der Waals surface area contributed by atoms with Crippen LogP contribution >= 0.6 is 0 Å². The summed E-state index contributed by atoms with van der Waals surface area (Å²) in [7, 11) is 0. The fourth-order valence-electron chi connectivity index (χ4n) is 1.25. The van der Waals surface area contributed by atoms with Crippen LogP contribution in [-0.2, 0) is 6.54 Å². The second-order valence-electron chi connectivity index (χ2n) is 4.33. The van der Waals surface area contributed by atoms with E-state index in [2.05, 4.69) is 15.6 Å². The van der Waals surface area contributed by atoms with Crippen LogP contribution in [0.25, 0.3) is 0 Å². The van der Waals surface area contributed by atoms with Gasteiger partial charge in [-0.05, 0) is 5.92 Å². The lowest BCUT2D eigenvalue weighted by molar-refractivity contribution is 0.0691. The Balaban J connectivity index is 2.24. The molecule has 0 radical (unpaired) electrons. The number of carboxylic acid groups (broad SMARTS) is 1. The molecule has 7 heteroatoms. The van der Waals surface area contributed by atoms with E-state index in [0.29, 0.717) is 25.6 Å². The minimum absolute atomic E-state index is 0.000686. The monoisotopic (exact) mass is 254 g/mol. The quantitative estimate of drug-likeness (QED) is 0.690. The minimum atomic E-state index is -1.06. The highest BCUT2D eigenvalue weighted by atomic mass is 16.4. The third kappa shape index (κ3) is 4.86. The maximum absolute atomic E-state index is 11.3. The molecule has 0 saturated carbocycles. The number of rotatable bonds is 6. The first-order valence-corrected chi connectivity index (χ1v) is 5.76. The molecular weight excluding hydrogens is 236 g/mol. The number of aromatic carboxylic acids is 1. The van der Waals surface area contributed by atoms with Gasteiger partial charge in [0.25, 0.3) is 0 Å². The van der Waals surface area contributed by atoms with Gasteiger partial charge in [0.15, 0.2) is 5.69 Å². The lowest BCUT2D eigenvalue weighted by Crippen LogP contribution is -2.38. The van der Waals surface area contributed by atoms with Gasteiger partial charge in [0, 0.05) is 25.8 Å². The van der Waals surface area contributed by atoms with Crippen molar-refractivity contribution in [1.29, 1.82) is 0 Å². The van der Waals surface area contributed by atoms with Crippen LogP contribution in [0, 0.1) is 5.92 Å². The third-order valence-electron chi connectivity index (χ3n) is 2.18. The summed E-state index contributed by atoms with van der Waals surface area (Å²) in [6.07, 6.45) is 2.85. The summed E-state index contributed by atoms with van der Waals surface area (Å²) in [5.74, 6) is -0.654. The fraction of sp³-hybridized carbons (Fsp3) is 0.545. The standard InChI is InChI=1S/C11H18N4O3/c1-8(2)5-13-11(18)12-3-4-15-6-9(10(16)17)14-7-15/h6-8H,3-5H2,1-2H3,(H,16,17)(H2,12,13,18). The summed E-state index contributed by atoms with van der Waals surface area (Å²) in [5, 5.41) is 14.1. The molecule has 0 aromatic carbocycles. The number of urea groups is 1. The smallest absolute Gasteiger partial charge is 0.356 e. The first-order valence-electron chi connectivity index (χ1n) is 5.76. The number of aromatic nitrogens is 2. The molecule has 0 spiro atoms. The van der Waals surface area contributed by atoms with Crippen molar-refractivity contribution in [3.8, 4) is 0 Å². The van der Waals surface area contributed by atoms with Crippen molar-refractivity contribution in [2.45, 2.75) is 20.4 Å². The van der Waals surface area contributed by atoms with E-state index in [4.69, 9.17) is 5.11 Å². The topological polar surface area (TPSA) is 96.3 Å². The Morgan fingerprint density at radius 1 is 1.44 bits per heavy atom. The van der Waals surface area contributed by atoms with Gasteiger partial charge in [-0.15, -0.1) is 0 Å². The number of hydrogen-bond acceptors (Lipinski definition) is 3. The zero-order valence-electron chi connectivity index (χ0n) is 10.5. The summed E-state index contributed by atoms with van der Waals surface area (Å²) in [6, 6.07) is -0.220. The van der Waals surface area contributed by atoms with Crippen molar-refractivity contribution in [2.75, 3.05) is 13.1 Å². The maximum atomic E-state index is 11.3. The van der Waals surface area contributed by atoms with Gasteiger partial charge in [-0.2, -0.15) is 0 Å². The van der Waals surface area contributed by atoms with Gasteiger partial charge < -0.3 is 20.3 Å². The van der Waals surface area contributed by atoms with Crippen molar-refractivity contribution in [1.82, 2.24) is 20.2 Å². The van der Waals surface area contributed by atoms with Crippen LogP contribution in [-0.4, -0.2) is 39.7 Å². The van der Waals surface area contributed by atoms with Gasteiger partial charge >= 0.3 is 12.0 Å². The molecule has 100 valence electrons. The van der Waals surface area contributed by atoms with Crippen LogP contribution in [0.1, 0.15) is 24.3 Å². The average molecular weight is 254 g/mol. The minimum Gasteiger partial charge on any atom is -0.476 e. The molecule has 1 rings (SSSR count). The molecule has 0 unspecified atom stereocenters. The predicted molar refractivity (Wildman–Crippen MR) is 65.4 cm³/mol. The molecule has 0 aliphatic heterocycles. The number of amides is 2. The van der Waals surface area contributed by atoms with Gasteiger partial charge in [0.05, 0.1) is 6.33 Å². The zero-order valence-corrected chi connectivity index (χ0v) is 10.5. The Bertz CT molecular complexity index is 414. The number of carboxylic acids is 1. The Labute approximate surface area is 105 Å². The van der Waals surface area contributed by atoms with Crippen LogP contribution in [0.2, 0.25) is 0 Å². The Hall–Kier alpha value is -2.05. The molecule has 7 nitrogen and oxygen atoms in total. The van der Waals surface area contributed by atoms with E-state index >= 15 is 0 Å². The normalized spacial score (nSPS) is 10.4. The van der Waals surface area contributed by atoms with Gasteiger partial charge in [0.2, 0.25) is 0 Å². The number of carbonyl (C=O) groups excluding carboxylic acids is 1. The first-order chi connectivity index (χ1) is 8.49. The van der Waals surface area contributed by atoms with E-state index in [1.54, 1.807) is 4.57 Å². The molecule has 0 fully saturated rings. The lowest BCUT2D eigenvalue weighted by Gasteiger charge is -2.09. The molecule has 0 saturated heterocycles. The summed E-state index contributed by atoms with van der Waals surface area (Å²) < 4.78 is 1.62. The van der Waals surface area contributed by atoms with Gasteiger partial charge in [-0.25, -0.2) is 14.6 Å². The summed E-state index contributed by atoms with van der Waals surface area (Å²) in [6.45, 7) is 5.55. The third-order valence-corrected chi connectivity index (χ3v) is 2.18. The van der Waals surface area contributed by atoms with Crippen molar-refractivity contribution < 1.29 is 14.7 Å². The molecule has 0 bridgehead atoms. The number of imidazole rings is 1. The molecule has 1 aromatic rings. The van der Waals surface area contributed by atoms with Crippen molar-refractivity contribution >= 4 is 12.0 Å². The van der Waals surface area contributed by atoms with Crippen molar-refractivity contribution in [3.63, 3.8) is 0 Å². The average Bonchev–Trinajstić information content (AvgIpc) is 2.75. The van der Waals surface area contributed by atoms with Crippen LogP contribution < -0.4 is 10.6 Å². The van der Waals surface area contributed by atoms with Gasteiger partial charge in [0.1, 0.15) is 0 Å². The second kappa shape index (κ2) is 6.63. The molecule has 1 heterocycles. The highest BCUT2D eigenvalue weighted by Gasteiger charge is 2.06. The molecular formula is C11H18N4O3. The molecule has 0 aliphatic carbocycles. The number of nitrogens with zero attached hydrogens (tertiary/aromatic N) is 2. The van der Waals surface area contributed by atoms with Crippen LogP contribution in [0.4, 0.5) is 4.79 Å². The Morgan fingerprint density at radius 3 is 2.72 bits per heavy atom. The molecule has 0 aliphatic rings. The van der Waals surface area contributed by atoms with E-state index in [1.165, 1.54) is 12.5 Å². The van der Waals surface area contributed by atoms with E-state index in [-0.39, 0.29) is 11.7 Å². The van der Waals surface area contributed by atoms with Gasteiger partial charge in [-0.3, -0.25) is 0 Å². The highest BCUT2D eigenvalue weighted by Crippen LogP contribution is 1.95. The molecule has 1 aromatic heterocycles. The van der Waals surface area contributed by atoms with Crippen molar-refractivity contribution in [2.24, 2.45) is 5.92 Å². The largest absolute Gasteiger partial charge is 0.476 e. The van der Waals surface area contributed by atoms with Gasteiger partial charge in [-0.1, -0.05) is 13.8 Å². The summed E-state index contributed by atoms with van der Waals surface area (Å²) in [4.78, 5) is 25.6. The van der Waals surface area contributed by atoms with E-state index < -0.39 is 5.97 Å². The first kappa shape index (κ1) is 14.0. The molecule has 0 atom stereocenters. The van der Waals surface area contributed by atoms with E-state index in [1.807, 2.05) is 13.8 Å². The molecule has 3 N–H and O–H groups in total. The predicted octanol–water partition coefficient (Wildman–Crippen LogP) is 0.536. The zero-order chi connectivity index (χ0) is 13.5. The van der Waals surface area contributed by atoms with Crippen molar-refractivity contribution in [3.05, 3.63) is 18.2 Å². The second-order valence-corrected chi connectivity index (χ2v) is 4.33. The maximum Gasteiger partial charge on any atom is 0.356 e. The Morgan fingerprint density at radius 2 is 2.17 bits per heavy atom. The summed E-state index contributed by atoms with van der Waals surface area (Å²) >= 11 is 0. The number of carbonyl (C=O) groups is 2. The number of hydrogen-bond donors (Lipinski definition) is 3. The van der Waals surface area contributed by atoms with Crippen LogP contribution in [0.3, 0.4) is 0 Å². The summed E-state index contributed by atoms with van der Waals surface area (Å²) in [5.41, 5.74) is -0.000686. The Kier molecular flexibility index (Phi) is 5.16. The molecule has 2 amide bonds. The number of nitrogens with one attached hydrogen (secondary N) is 2. The van der Waals surface area contributed by atoms with E-state index in [0.717, 1.165) is 0 Å². The van der Waals surface area contributed by atoms with E-state index in [9.17, 15) is 9.59 Å².